The predicted molar refractivity (Wildman–Crippen MR) is 149 cm³/mol. The van der Waals surface area contributed by atoms with Crippen molar-refractivity contribution in [2.45, 2.75) is 53.0 Å². The van der Waals surface area contributed by atoms with Crippen LogP contribution in [0.1, 0.15) is 56.4 Å². The maximum atomic E-state index is 12.9. The van der Waals surface area contributed by atoms with E-state index in [2.05, 4.69) is 60.5 Å². The molecule has 1 N–H and O–H groups in total. The number of carbonyl (C=O) groups is 1. The molecular formula is C28H35N9O2. The highest BCUT2D eigenvalue weighted by Gasteiger charge is 2.22. The zero-order valence-corrected chi connectivity index (χ0v) is 23.3. The Morgan fingerprint density at radius 3 is 2.51 bits per heavy atom. The van der Waals surface area contributed by atoms with Crippen LogP contribution in [0, 0.1) is 6.92 Å². The predicted octanol–water partition coefficient (Wildman–Crippen LogP) is 4.10. The molecule has 0 unspecified atom stereocenters. The Balaban J connectivity index is 1.33. The molecule has 0 saturated carbocycles. The van der Waals surface area contributed by atoms with Crippen LogP contribution in [0.3, 0.4) is 0 Å². The van der Waals surface area contributed by atoms with Crippen molar-refractivity contribution in [3.8, 4) is 16.9 Å². The summed E-state index contributed by atoms with van der Waals surface area (Å²) < 4.78 is 6.94. The summed E-state index contributed by atoms with van der Waals surface area (Å²) in [4.78, 5) is 26.7. The first-order valence-electron chi connectivity index (χ1n) is 13.2. The zero-order valence-electron chi connectivity index (χ0n) is 23.3. The summed E-state index contributed by atoms with van der Waals surface area (Å²) in [6.07, 6.45) is 7.04. The molecule has 1 amide bonds. The van der Waals surface area contributed by atoms with Crippen LogP contribution in [0.15, 0.2) is 47.5 Å². The molecule has 11 nitrogen and oxygen atoms in total. The number of piperazine rings is 1. The van der Waals surface area contributed by atoms with Gasteiger partial charge < -0.3 is 9.42 Å². The molecule has 39 heavy (non-hydrogen) atoms. The molecule has 1 aliphatic rings. The molecule has 4 aromatic rings. The van der Waals surface area contributed by atoms with Gasteiger partial charge in [-0.2, -0.15) is 0 Å². The minimum absolute atomic E-state index is 0.187. The number of rotatable bonds is 6. The van der Waals surface area contributed by atoms with Gasteiger partial charge in [-0.3, -0.25) is 25.0 Å². The van der Waals surface area contributed by atoms with Crippen LogP contribution < -0.4 is 10.2 Å². The van der Waals surface area contributed by atoms with Crippen molar-refractivity contribution >= 4 is 17.5 Å². The first-order valence-corrected chi connectivity index (χ1v) is 13.2. The highest BCUT2D eigenvalue weighted by molar-refractivity contribution is 6.03. The quantitative estimate of drug-likeness (QED) is 0.394. The second-order valence-electron chi connectivity index (χ2n) is 11.2. The van der Waals surface area contributed by atoms with Crippen molar-refractivity contribution in [3.63, 3.8) is 0 Å². The summed E-state index contributed by atoms with van der Waals surface area (Å²) in [7, 11) is 0. The van der Waals surface area contributed by atoms with Crippen molar-refractivity contribution in [2.75, 3.05) is 36.4 Å². The maximum absolute atomic E-state index is 12.9. The number of anilines is 2. The average molecular weight is 530 g/mol. The van der Waals surface area contributed by atoms with Gasteiger partial charge in [-0.25, -0.2) is 4.68 Å². The van der Waals surface area contributed by atoms with Gasteiger partial charge in [0.1, 0.15) is 5.69 Å². The van der Waals surface area contributed by atoms with Gasteiger partial charge >= 0.3 is 0 Å². The molecule has 5 heterocycles. The Kier molecular flexibility index (Phi) is 7.17. The van der Waals surface area contributed by atoms with Gasteiger partial charge in [-0.1, -0.05) is 31.1 Å². The number of pyridine rings is 2. The third-order valence-corrected chi connectivity index (χ3v) is 7.01. The van der Waals surface area contributed by atoms with E-state index in [1.165, 1.54) is 6.20 Å². The Labute approximate surface area is 228 Å². The Morgan fingerprint density at radius 2 is 1.82 bits per heavy atom. The summed E-state index contributed by atoms with van der Waals surface area (Å²) in [5.74, 6) is -0.0664. The van der Waals surface area contributed by atoms with Crippen molar-refractivity contribution in [3.05, 3.63) is 59.9 Å². The lowest BCUT2D eigenvalue weighted by Crippen LogP contribution is -2.48. The topological polar surface area (TPSA) is 118 Å². The molecule has 1 aliphatic heterocycles. The second-order valence-corrected chi connectivity index (χ2v) is 11.2. The summed E-state index contributed by atoms with van der Waals surface area (Å²) in [6.45, 7) is 16.4. The van der Waals surface area contributed by atoms with E-state index in [4.69, 9.17) is 4.52 Å². The van der Waals surface area contributed by atoms with Gasteiger partial charge in [0, 0.05) is 61.7 Å². The lowest BCUT2D eigenvalue weighted by molar-refractivity contribution is 0.102. The van der Waals surface area contributed by atoms with E-state index in [9.17, 15) is 4.79 Å². The van der Waals surface area contributed by atoms with Crippen molar-refractivity contribution in [2.24, 2.45) is 0 Å². The molecule has 5 rings (SSSR count). The van der Waals surface area contributed by atoms with Gasteiger partial charge in [0.15, 0.2) is 0 Å². The number of hydrogen-bond donors (Lipinski definition) is 1. The Hall–Kier alpha value is -4.12. The number of amides is 1. The number of hydrogen-bond acceptors (Lipinski definition) is 9. The third kappa shape index (κ3) is 5.83. The highest BCUT2D eigenvalue weighted by atomic mass is 16.5. The molecule has 0 aromatic carbocycles. The fourth-order valence-corrected chi connectivity index (χ4v) is 4.50. The fourth-order valence-electron chi connectivity index (χ4n) is 4.50. The summed E-state index contributed by atoms with van der Waals surface area (Å²) in [6, 6.07) is 6.12. The fraction of sp³-hybridized carbons (Fsp3) is 0.429. The third-order valence-electron chi connectivity index (χ3n) is 7.01. The zero-order chi connectivity index (χ0) is 27.7. The summed E-state index contributed by atoms with van der Waals surface area (Å²) in [5.41, 5.74) is 4.95. The van der Waals surface area contributed by atoms with Crippen LogP contribution in [0.2, 0.25) is 0 Å². The van der Waals surface area contributed by atoms with Gasteiger partial charge in [-0.05, 0) is 32.9 Å². The minimum Gasteiger partial charge on any atom is -0.368 e. The van der Waals surface area contributed by atoms with Gasteiger partial charge in [0.25, 0.3) is 5.91 Å². The molecule has 0 atom stereocenters. The van der Waals surface area contributed by atoms with Crippen LogP contribution in [0.5, 0.6) is 0 Å². The van der Waals surface area contributed by atoms with Gasteiger partial charge in [0.05, 0.1) is 40.7 Å². The van der Waals surface area contributed by atoms with Crippen molar-refractivity contribution in [1.29, 1.82) is 0 Å². The van der Waals surface area contributed by atoms with Crippen molar-refractivity contribution in [1.82, 2.24) is 35.0 Å². The molecule has 0 spiro atoms. The molecule has 0 bridgehead atoms. The number of nitrogens with zero attached hydrogens (tertiary/aromatic N) is 8. The van der Waals surface area contributed by atoms with E-state index in [1.54, 1.807) is 23.0 Å². The molecule has 0 aliphatic carbocycles. The number of aromatic nitrogens is 6. The molecule has 0 radical (unpaired) electrons. The summed E-state index contributed by atoms with van der Waals surface area (Å²) >= 11 is 0. The first-order chi connectivity index (χ1) is 18.6. The van der Waals surface area contributed by atoms with E-state index in [0.29, 0.717) is 28.7 Å². The van der Waals surface area contributed by atoms with E-state index >= 15 is 0 Å². The monoisotopic (exact) mass is 529 g/mol. The standard InChI is InChI=1S/C28H35N9O2/c1-18(2)35-7-9-36(10-8-35)22-11-20(14-29-16-22)23-17-37(34-32-23)24-12-21(15-30-19(24)3)27(38)31-26-13-25(33-39-26)28(4,5)6/h11-18H,7-10H2,1-6H3,(H,31,38). The van der Waals surface area contributed by atoms with Crippen LogP contribution in [-0.2, 0) is 5.41 Å². The minimum atomic E-state index is -0.352. The largest absolute Gasteiger partial charge is 0.368 e. The lowest BCUT2D eigenvalue weighted by atomic mass is 9.92. The van der Waals surface area contributed by atoms with Gasteiger partial charge in [-0.15, -0.1) is 5.10 Å². The average Bonchev–Trinajstić information content (AvgIpc) is 3.59. The number of aryl methyl sites for hydroxylation is 1. The van der Waals surface area contributed by atoms with E-state index in [0.717, 1.165) is 43.1 Å². The molecule has 204 valence electrons. The van der Waals surface area contributed by atoms with Crippen LogP contribution in [0.4, 0.5) is 11.6 Å². The van der Waals surface area contributed by atoms with Crippen LogP contribution in [0.25, 0.3) is 16.9 Å². The Morgan fingerprint density at radius 1 is 1.05 bits per heavy atom. The van der Waals surface area contributed by atoms with Gasteiger partial charge in [0.2, 0.25) is 5.88 Å². The second kappa shape index (κ2) is 10.6. The Bertz CT molecular complexity index is 1460. The normalized spacial score (nSPS) is 14.7. The van der Waals surface area contributed by atoms with Crippen LogP contribution >= 0.6 is 0 Å². The first kappa shape index (κ1) is 26.5. The highest BCUT2D eigenvalue weighted by Crippen LogP contribution is 2.26. The molecule has 11 heteroatoms. The maximum Gasteiger partial charge on any atom is 0.259 e. The SMILES string of the molecule is Cc1ncc(C(=O)Nc2cc(C(C)(C)C)no2)cc1-n1cc(-c2cncc(N3CCN(C(C)C)CC3)c2)nn1. The van der Waals surface area contributed by atoms with Crippen LogP contribution in [-0.4, -0.2) is 73.1 Å². The van der Waals surface area contributed by atoms with E-state index in [1.807, 2.05) is 40.1 Å². The van der Waals surface area contributed by atoms with E-state index in [-0.39, 0.29) is 17.2 Å². The molecule has 1 saturated heterocycles. The molecular weight excluding hydrogens is 494 g/mol. The summed E-state index contributed by atoms with van der Waals surface area (Å²) in [5, 5.41) is 15.5. The number of carbonyl (C=O) groups excluding carboxylic acids is 1. The lowest BCUT2D eigenvalue weighted by Gasteiger charge is -2.38. The van der Waals surface area contributed by atoms with E-state index < -0.39 is 0 Å². The smallest absolute Gasteiger partial charge is 0.259 e. The van der Waals surface area contributed by atoms with Crippen molar-refractivity contribution < 1.29 is 9.32 Å². The molecule has 1 fully saturated rings. The molecule has 4 aromatic heterocycles. The number of nitrogens with one attached hydrogen (secondary N) is 1.